The Labute approximate surface area is 119 Å². The number of nitrogens with one attached hydrogen (secondary N) is 1. The molecule has 0 atom stereocenters. The SMILES string of the molecule is O=C(Nc1ccccc1Cl)c1ccc(OC(F)F)cc1. The van der Waals surface area contributed by atoms with Crippen molar-refractivity contribution in [2.24, 2.45) is 0 Å². The molecule has 1 amide bonds. The zero-order chi connectivity index (χ0) is 14.5. The Hall–Kier alpha value is -2.14. The van der Waals surface area contributed by atoms with E-state index in [1.54, 1.807) is 24.3 Å². The Morgan fingerprint density at radius 1 is 1.10 bits per heavy atom. The monoisotopic (exact) mass is 297 g/mol. The number of ether oxygens (including phenoxy) is 1. The van der Waals surface area contributed by atoms with Crippen molar-refractivity contribution in [3.8, 4) is 5.75 Å². The van der Waals surface area contributed by atoms with Crippen LogP contribution in [0.2, 0.25) is 5.02 Å². The molecular weight excluding hydrogens is 288 g/mol. The molecule has 0 bridgehead atoms. The zero-order valence-electron chi connectivity index (χ0n) is 10.1. The van der Waals surface area contributed by atoms with Crippen molar-refractivity contribution >= 4 is 23.2 Å². The average Bonchev–Trinajstić information content (AvgIpc) is 2.41. The van der Waals surface area contributed by atoms with E-state index < -0.39 is 6.61 Å². The van der Waals surface area contributed by atoms with Crippen molar-refractivity contribution in [3.05, 3.63) is 59.1 Å². The van der Waals surface area contributed by atoms with Gasteiger partial charge in [0.2, 0.25) is 0 Å². The summed E-state index contributed by atoms with van der Waals surface area (Å²) in [6.45, 7) is -2.89. The van der Waals surface area contributed by atoms with Crippen LogP contribution in [0.25, 0.3) is 0 Å². The van der Waals surface area contributed by atoms with Crippen LogP contribution in [0.5, 0.6) is 5.75 Å². The zero-order valence-corrected chi connectivity index (χ0v) is 10.9. The highest BCUT2D eigenvalue weighted by molar-refractivity contribution is 6.33. The molecule has 0 aromatic heterocycles. The summed E-state index contributed by atoms with van der Waals surface area (Å²) in [6.07, 6.45) is 0. The molecule has 0 unspecified atom stereocenters. The quantitative estimate of drug-likeness (QED) is 0.919. The van der Waals surface area contributed by atoms with Gasteiger partial charge in [0.05, 0.1) is 10.7 Å². The Kier molecular flexibility index (Phi) is 4.53. The van der Waals surface area contributed by atoms with Crippen molar-refractivity contribution in [1.82, 2.24) is 0 Å². The number of alkyl halides is 2. The molecule has 0 aliphatic rings. The molecule has 1 N–H and O–H groups in total. The third kappa shape index (κ3) is 3.68. The second-order valence-corrected chi connectivity index (χ2v) is 4.24. The van der Waals surface area contributed by atoms with Gasteiger partial charge in [-0.1, -0.05) is 23.7 Å². The van der Waals surface area contributed by atoms with E-state index in [0.29, 0.717) is 16.3 Å². The minimum Gasteiger partial charge on any atom is -0.435 e. The van der Waals surface area contributed by atoms with Crippen LogP contribution >= 0.6 is 11.6 Å². The minimum atomic E-state index is -2.89. The van der Waals surface area contributed by atoms with Crippen LogP contribution in [-0.4, -0.2) is 12.5 Å². The van der Waals surface area contributed by atoms with Gasteiger partial charge >= 0.3 is 6.61 Å². The number of carbonyl (C=O) groups is 1. The van der Waals surface area contributed by atoms with Gasteiger partial charge in [-0.25, -0.2) is 0 Å². The summed E-state index contributed by atoms with van der Waals surface area (Å²) < 4.78 is 28.2. The summed E-state index contributed by atoms with van der Waals surface area (Å²) in [5, 5.41) is 3.04. The minimum absolute atomic E-state index is 0.00528. The average molecular weight is 298 g/mol. The summed E-state index contributed by atoms with van der Waals surface area (Å²) in [7, 11) is 0. The van der Waals surface area contributed by atoms with Crippen molar-refractivity contribution in [1.29, 1.82) is 0 Å². The summed E-state index contributed by atoms with van der Waals surface area (Å²) in [5.74, 6) is -0.393. The van der Waals surface area contributed by atoms with Crippen LogP contribution in [0.1, 0.15) is 10.4 Å². The van der Waals surface area contributed by atoms with Crippen molar-refractivity contribution in [2.75, 3.05) is 5.32 Å². The van der Waals surface area contributed by atoms with Gasteiger partial charge in [-0.05, 0) is 36.4 Å². The highest BCUT2D eigenvalue weighted by Crippen LogP contribution is 2.22. The molecule has 20 heavy (non-hydrogen) atoms. The number of carbonyl (C=O) groups excluding carboxylic acids is 1. The number of rotatable bonds is 4. The highest BCUT2D eigenvalue weighted by atomic mass is 35.5. The summed E-state index contributed by atoms with van der Waals surface area (Å²) in [5.41, 5.74) is 0.790. The number of anilines is 1. The van der Waals surface area contributed by atoms with Crippen LogP contribution in [-0.2, 0) is 0 Å². The van der Waals surface area contributed by atoms with Gasteiger partial charge in [0.15, 0.2) is 0 Å². The highest BCUT2D eigenvalue weighted by Gasteiger charge is 2.09. The molecule has 0 radical (unpaired) electrons. The predicted octanol–water partition coefficient (Wildman–Crippen LogP) is 4.19. The van der Waals surface area contributed by atoms with Gasteiger partial charge in [0.25, 0.3) is 5.91 Å². The van der Waals surface area contributed by atoms with Crippen LogP contribution < -0.4 is 10.1 Å². The normalized spacial score (nSPS) is 10.4. The fraction of sp³-hybridized carbons (Fsp3) is 0.0714. The maximum Gasteiger partial charge on any atom is 0.387 e. The maximum atomic E-state index is 12.0. The lowest BCUT2D eigenvalue weighted by molar-refractivity contribution is -0.0498. The number of halogens is 3. The predicted molar refractivity (Wildman–Crippen MR) is 72.5 cm³/mol. The molecule has 0 aliphatic heterocycles. The summed E-state index contributed by atoms with van der Waals surface area (Å²) >= 11 is 5.92. The molecule has 0 spiro atoms. The van der Waals surface area contributed by atoms with Gasteiger partial charge in [-0.15, -0.1) is 0 Å². The standard InChI is InChI=1S/C14H10ClF2NO2/c15-11-3-1-2-4-12(11)18-13(19)9-5-7-10(8-6-9)20-14(16)17/h1-8,14H,(H,18,19). The summed E-state index contributed by atoms with van der Waals surface area (Å²) in [6, 6.07) is 12.2. The van der Waals surface area contributed by atoms with Crippen LogP contribution in [0.4, 0.5) is 14.5 Å². The molecule has 0 saturated heterocycles. The lowest BCUT2D eigenvalue weighted by atomic mass is 10.2. The summed E-state index contributed by atoms with van der Waals surface area (Å²) in [4.78, 5) is 11.9. The van der Waals surface area contributed by atoms with E-state index in [1.807, 2.05) is 0 Å². The molecule has 2 aromatic rings. The van der Waals surface area contributed by atoms with Crippen molar-refractivity contribution in [2.45, 2.75) is 6.61 Å². The van der Waals surface area contributed by atoms with Gasteiger partial charge in [-0.2, -0.15) is 8.78 Å². The first kappa shape index (κ1) is 14.3. The van der Waals surface area contributed by atoms with E-state index in [4.69, 9.17) is 11.6 Å². The van der Waals surface area contributed by atoms with Gasteiger partial charge in [-0.3, -0.25) is 4.79 Å². The second kappa shape index (κ2) is 6.34. The Morgan fingerprint density at radius 2 is 1.75 bits per heavy atom. The smallest absolute Gasteiger partial charge is 0.387 e. The number of amides is 1. The largest absolute Gasteiger partial charge is 0.435 e. The lowest BCUT2D eigenvalue weighted by Gasteiger charge is -2.08. The Morgan fingerprint density at radius 3 is 2.35 bits per heavy atom. The molecule has 6 heteroatoms. The number of hydrogen-bond donors (Lipinski definition) is 1. The first-order chi connectivity index (χ1) is 9.56. The first-order valence-electron chi connectivity index (χ1n) is 5.67. The van der Waals surface area contributed by atoms with Crippen LogP contribution in [0, 0.1) is 0 Å². The van der Waals surface area contributed by atoms with E-state index in [1.165, 1.54) is 24.3 Å². The van der Waals surface area contributed by atoms with Gasteiger partial charge in [0, 0.05) is 5.56 Å². The maximum absolute atomic E-state index is 12.0. The number of para-hydroxylation sites is 1. The van der Waals surface area contributed by atoms with E-state index in [-0.39, 0.29) is 11.7 Å². The topological polar surface area (TPSA) is 38.3 Å². The molecule has 0 fully saturated rings. The van der Waals surface area contributed by atoms with Crippen molar-refractivity contribution in [3.63, 3.8) is 0 Å². The third-order valence-corrected chi connectivity index (χ3v) is 2.79. The van der Waals surface area contributed by atoms with E-state index in [9.17, 15) is 13.6 Å². The Balaban J connectivity index is 2.08. The number of hydrogen-bond acceptors (Lipinski definition) is 2. The molecule has 104 valence electrons. The van der Waals surface area contributed by atoms with E-state index in [2.05, 4.69) is 10.1 Å². The third-order valence-electron chi connectivity index (χ3n) is 2.46. The van der Waals surface area contributed by atoms with E-state index in [0.717, 1.165) is 0 Å². The van der Waals surface area contributed by atoms with Gasteiger partial charge in [0.1, 0.15) is 5.75 Å². The number of benzene rings is 2. The molecule has 2 rings (SSSR count). The van der Waals surface area contributed by atoms with Crippen LogP contribution in [0.3, 0.4) is 0 Å². The molecule has 0 aliphatic carbocycles. The van der Waals surface area contributed by atoms with Crippen molar-refractivity contribution < 1.29 is 18.3 Å². The first-order valence-corrected chi connectivity index (χ1v) is 6.05. The van der Waals surface area contributed by atoms with E-state index >= 15 is 0 Å². The second-order valence-electron chi connectivity index (χ2n) is 3.84. The molecular formula is C14H10ClF2NO2. The van der Waals surface area contributed by atoms with Crippen LogP contribution in [0.15, 0.2) is 48.5 Å². The molecule has 0 saturated carbocycles. The molecule has 0 heterocycles. The lowest BCUT2D eigenvalue weighted by Crippen LogP contribution is -2.12. The Bertz CT molecular complexity index is 602. The molecule has 2 aromatic carbocycles. The molecule has 3 nitrogen and oxygen atoms in total. The fourth-order valence-corrected chi connectivity index (χ4v) is 1.73. The van der Waals surface area contributed by atoms with Gasteiger partial charge < -0.3 is 10.1 Å². The fourth-order valence-electron chi connectivity index (χ4n) is 1.54.